The number of halogens is 1. The average Bonchev–Trinajstić information content (AvgIpc) is 2.60. The highest BCUT2D eigenvalue weighted by Gasteiger charge is 2.08. The number of benzene rings is 1. The first kappa shape index (κ1) is 18.5. The first-order chi connectivity index (χ1) is 11.7. The normalized spacial score (nSPS) is 10.2. The fourth-order valence-corrected chi connectivity index (χ4v) is 2.29. The molecule has 0 aliphatic heterocycles. The molecule has 24 heavy (non-hydrogen) atoms. The molecular weight excluding hydrogens is 419 g/mol. The summed E-state index contributed by atoms with van der Waals surface area (Å²) in [6, 6.07) is 11.3. The van der Waals surface area contributed by atoms with Crippen molar-refractivity contribution in [3.05, 3.63) is 51.7 Å². The van der Waals surface area contributed by atoms with E-state index in [0.717, 1.165) is 22.0 Å². The monoisotopic (exact) mass is 440 g/mol. The molecule has 0 aliphatic rings. The summed E-state index contributed by atoms with van der Waals surface area (Å²) in [7, 11) is 0. The lowest BCUT2D eigenvalue weighted by Crippen LogP contribution is -2.28. The lowest BCUT2D eigenvalue weighted by Gasteiger charge is -2.11. The smallest absolute Gasteiger partial charge is 0.258 e. The van der Waals surface area contributed by atoms with Crippen molar-refractivity contribution in [1.82, 2.24) is 10.3 Å². The van der Waals surface area contributed by atoms with Gasteiger partial charge in [0.25, 0.3) is 5.91 Å². The Morgan fingerprint density at radius 2 is 2.00 bits per heavy atom. The Bertz CT molecular complexity index is 647. The molecule has 1 aromatic carbocycles. The molecule has 0 bridgehead atoms. The fourth-order valence-electron chi connectivity index (χ4n) is 1.93. The highest BCUT2D eigenvalue weighted by molar-refractivity contribution is 14.1. The molecule has 0 spiro atoms. The van der Waals surface area contributed by atoms with E-state index in [1.54, 1.807) is 6.20 Å². The van der Waals surface area contributed by atoms with Gasteiger partial charge in [-0.2, -0.15) is 0 Å². The van der Waals surface area contributed by atoms with Gasteiger partial charge in [-0.1, -0.05) is 19.4 Å². The quantitative estimate of drug-likeness (QED) is 0.479. The SMILES string of the molecule is CCCCOc1ncccc1CNC(=O)COc1ccc(I)cc1. The molecule has 0 fully saturated rings. The minimum atomic E-state index is -0.183. The highest BCUT2D eigenvalue weighted by atomic mass is 127. The molecule has 128 valence electrons. The van der Waals surface area contributed by atoms with E-state index < -0.39 is 0 Å². The van der Waals surface area contributed by atoms with E-state index in [4.69, 9.17) is 9.47 Å². The molecular formula is C18H21IN2O3. The van der Waals surface area contributed by atoms with E-state index in [1.165, 1.54) is 0 Å². The van der Waals surface area contributed by atoms with Crippen LogP contribution in [-0.2, 0) is 11.3 Å². The molecule has 0 aliphatic carbocycles. The molecule has 1 aromatic heterocycles. The molecule has 1 N–H and O–H groups in total. The van der Waals surface area contributed by atoms with Crippen molar-refractivity contribution in [1.29, 1.82) is 0 Å². The maximum absolute atomic E-state index is 11.9. The zero-order valence-electron chi connectivity index (χ0n) is 13.6. The van der Waals surface area contributed by atoms with Crippen LogP contribution in [0.2, 0.25) is 0 Å². The number of amides is 1. The summed E-state index contributed by atoms with van der Waals surface area (Å²) in [5, 5.41) is 2.83. The number of hydrogen-bond donors (Lipinski definition) is 1. The first-order valence-electron chi connectivity index (χ1n) is 7.90. The van der Waals surface area contributed by atoms with Gasteiger partial charge in [-0.3, -0.25) is 4.79 Å². The number of ether oxygens (including phenoxy) is 2. The van der Waals surface area contributed by atoms with Gasteiger partial charge in [0.15, 0.2) is 6.61 Å². The van der Waals surface area contributed by atoms with E-state index >= 15 is 0 Å². The summed E-state index contributed by atoms with van der Waals surface area (Å²) in [5.41, 5.74) is 0.858. The summed E-state index contributed by atoms with van der Waals surface area (Å²) in [6.07, 6.45) is 3.73. The van der Waals surface area contributed by atoms with Gasteiger partial charge >= 0.3 is 0 Å². The van der Waals surface area contributed by atoms with E-state index in [9.17, 15) is 4.79 Å². The van der Waals surface area contributed by atoms with E-state index in [-0.39, 0.29) is 12.5 Å². The molecule has 2 rings (SSSR count). The standard InChI is InChI=1S/C18H21IN2O3/c1-2-3-11-23-18-14(5-4-10-20-18)12-21-17(22)13-24-16-8-6-15(19)7-9-16/h4-10H,2-3,11-13H2,1H3,(H,21,22). The maximum atomic E-state index is 11.9. The van der Waals surface area contributed by atoms with Crippen LogP contribution in [0.3, 0.4) is 0 Å². The zero-order chi connectivity index (χ0) is 17.2. The number of carbonyl (C=O) groups is 1. The second-order valence-corrected chi connectivity index (χ2v) is 6.43. The molecule has 1 amide bonds. The fraction of sp³-hybridized carbons (Fsp3) is 0.333. The van der Waals surface area contributed by atoms with Crippen molar-refractivity contribution in [3.8, 4) is 11.6 Å². The Morgan fingerprint density at radius 3 is 2.75 bits per heavy atom. The summed E-state index contributed by atoms with van der Waals surface area (Å²) in [4.78, 5) is 16.2. The van der Waals surface area contributed by atoms with Crippen LogP contribution in [-0.4, -0.2) is 24.1 Å². The van der Waals surface area contributed by atoms with Gasteiger partial charge in [0.1, 0.15) is 5.75 Å². The number of rotatable bonds is 9. The number of unbranched alkanes of at least 4 members (excludes halogenated alkanes) is 1. The van der Waals surface area contributed by atoms with Crippen molar-refractivity contribution in [2.24, 2.45) is 0 Å². The largest absolute Gasteiger partial charge is 0.484 e. The second-order valence-electron chi connectivity index (χ2n) is 5.19. The predicted molar refractivity (Wildman–Crippen MR) is 101 cm³/mol. The van der Waals surface area contributed by atoms with Crippen LogP contribution in [0.15, 0.2) is 42.6 Å². The van der Waals surface area contributed by atoms with E-state index in [2.05, 4.69) is 39.8 Å². The summed E-state index contributed by atoms with van der Waals surface area (Å²) >= 11 is 2.22. The van der Waals surface area contributed by atoms with Crippen LogP contribution in [0.1, 0.15) is 25.3 Å². The number of aromatic nitrogens is 1. The van der Waals surface area contributed by atoms with Crippen LogP contribution < -0.4 is 14.8 Å². The molecule has 1 heterocycles. The molecule has 0 radical (unpaired) electrons. The Hall–Kier alpha value is -1.83. The lowest BCUT2D eigenvalue weighted by molar-refractivity contribution is -0.123. The van der Waals surface area contributed by atoms with Gasteiger partial charge in [0.2, 0.25) is 5.88 Å². The maximum Gasteiger partial charge on any atom is 0.258 e. The topological polar surface area (TPSA) is 60.5 Å². The van der Waals surface area contributed by atoms with Crippen LogP contribution >= 0.6 is 22.6 Å². The lowest BCUT2D eigenvalue weighted by atomic mass is 10.2. The molecule has 0 saturated carbocycles. The Labute approximate surface area is 155 Å². The van der Waals surface area contributed by atoms with Crippen molar-refractivity contribution in [2.75, 3.05) is 13.2 Å². The van der Waals surface area contributed by atoms with Crippen molar-refractivity contribution in [3.63, 3.8) is 0 Å². The van der Waals surface area contributed by atoms with Gasteiger partial charge in [-0.25, -0.2) is 4.98 Å². The number of pyridine rings is 1. The Kier molecular flexibility index (Phi) is 7.81. The summed E-state index contributed by atoms with van der Waals surface area (Å²) < 4.78 is 12.2. The summed E-state index contributed by atoms with van der Waals surface area (Å²) in [6.45, 7) is 3.08. The molecule has 6 heteroatoms. The van der Waals surface area contributed by atoms with Crippen LogP contribution in [0.4, 0.5) is 0 Å². The Morgan fingerprint density at radius 1 is 1.21 bits per heavy atom. The number of nitrogens with one attached hydrogen (secondary N) is 1. The van der Waals surface area contributed by atoms with Crippen LogP contribution in [0, 0.1) is 3.57 Å². The molecule has 0 saturated heterocycles. The molecule has 0 unspecified atom stereocenters. The third kappa shape index (κ3) is 6.35. The van der Waals surface area contributed by atoms with Crippen LogP contribution in [0.5, 0.6) is 11.6 Å². The van der Waals surface area contributed by atoms with E-state index in [1.807, 2.05) is 36.4 Å². The van der Waals surface area contributed by atoms with Crippen molar-refractivity contribution < 1.29 is 14.3 Å². The van der Waals surface area contributed by atoms with Gasteiger partial charge in [-0.15, -0.1) is 0 Å². The molecule has 2 aromatic rings. The average molecular weight is 440 g/mol. The minimum absolute atomic E-state index is 0.0210. The number of carbonyl (C=O) groups excluding carboxylic acids is 1. The van der Waals surface area contributed by atoms with Gasteiger partial charge in [0, 0.05) is 21.9 Å². The Balaban J connectivity index is 1.79. The van der Waals surface area contributed by atoms with Crippen molar-refractivity contribution in [2.45, 2.75) is 26.3 Å². The van der Waals surface area contributed by atoms with Gasteiger partial charge in [0.05, 0.1) is 6.61 Å². The second kappa shape index (κ2) is 10.1. The zero-order valence-corrected chi connectivity index (χ0v) is 15.8. The third-order valence-corrected chi connectivity index (χ3v) is 3.97. The molecule has 5 nitrogen and oxygen atoms in total. The van der Waals surface area contributed by atoms with E-state index in [0.29, 0.717) is 24.8 Å². The highest BCUT2D eigenvalue weighted by Crippen LogP contribution is 2.15. The third-order valence-electron chi connectivity index (χ3n) is 3.25. The summed E-state index contributed by atoms with van der Waals surface area (Å²) in [5.74, 6) is 1.07. The molecule has 0 atom stereocenters. The predicted octanol–water partition coefficient (Wildman–Crippen LogP) is 3.56. The van der Waals surface area contributed by atoms with Crippen LogP contribution in [0.25, 0.3) is 0 Å². The van der Waals surface area contributed by atoms with Gasteiger partial charge < -0.3 is 14.8 Å². The first-order valence-corrected chi connectivity index (χ1v) is 8.98. The minimum Gasteiger partial charge on any atom is -0.484 e. The van der Waals surface area contributed by atoms with Gasteiger partial charge in [-0.05, 0) is 59.3 Å². The van der Waals surface area contributed by atoms with Crippen molar-refractivity contribution >= 4 is 28.5 Å². The number of nitrogens with zero attached hydrogens (tertiary/aromatic N) is 1. The number of hydrogen-bond acceptors (Lipinski definition) is 4.